The Hall–Kier alpha value is -0.450. The molecule has 104 valence electrons. The van der Waals surface area contributed by atoms with Crippen molar-refractivity contribution in [1.82, 2.24) is 15.2 Å². The largest absolute Gasteiger partial charge is 0.308 e. The van der Waals surface area contributed by atoms with Gasteiger partial charge in [0.05, 0.1) is 11.2 Å². The monoisotopic (exact) mass is 269 g/mol. The highest BCUT2D eigenvalue weighted by atomic mass is 32.1. The van der Waals surface area contributed by atoms with E-state index in [9.17, 15) is 0 Å². The summed E-state index contributed by atoms with van der Waals surface area (Å²) in [5.41, 5.74) is 3.10. The average molecular weight is 269 g/mol. The van der Waals surface area contributed by atoms with Gasteiger partial charge in [0.25, 0.3) is 0 Å². The molecule has 3 nitrogen and oxygen atoms in total. The second-order valence-electron chi connectivity index (χ2n) is 5.78. The van der Waals surface area contributed by atoms with Gasteiger partial charge in [-0.3, -0.25) is 0 Å². The predicted octanol–water partition coefficient (Wildman–Crippen LogP) is 3.08. The van der Waals surface area contributed by atoms with Crippen LogP contribution in [0.3, 0.4) is 0 Å². The van der Waals surface area contributed by atoms with Gasteiger partial charge in [-0.25, -0.2) is 4.98 Å². The zero-order valence-corrected chi connectivity index (χ0v) is 13.3. The Kier molecular flexibility index (Phi) is 6.26. The number of rotatable bonds is 7. The quantitative estimate of drug-likeness (QED) is 0.824. The summed E-state index contributed by atoms with van der Waals surface area (Å²) in [6.45, 7) is 9.98. The first-order valence-electron chi connectivity index (χ1n) is 6.71. The molecular weight excluding hydrogens is 242 g/mol. The maximum atomic E-state index is 4.33. The fourth-order valence-corrected chi connectivity index (χ4v) is 3.18. The van der Waals surface area contributed by atoms with Crippen LogP contribution < -0.4 is 5.32 Å². The van der Waals surface area contributed by atoms with Gasteiger partial charge < -0.3 is 10.2 Å². The first-order valence-corrected chi connectivity index (χ1v) is 7.58. The molecule has 0 spiro atoms. The third-order valence-electron chi connectivity index (χ3n) is 3.00. The number of aryl methyl sites for hydroxylation is 1. The summed E-state index contributed by atoms with van der Waals surface area (Å²) in [5.74, 6) is 0.720. The van der Waals surface area contributed by atoms with Gasteiger partial charge in [-0.05, 0) is 40.3 Å². The van der Waals surface area contributed by atoms with Crippen molar-refractivity contribution >= 4 is 11.3 Å². The zero-order valence-electron chi connectivity index (χ0n) is 12.5. The average Bonchev–Trinajstić information content (AvgIpc) is 2.61. The molecule has 0 saturated carbocycles. The molecule has 1 rings (SSSR count). The first-order chi connectivity index (χ1) is 8.40. The van der Waals surface area contributed by atoms with Crippen LogP contribution >= 0.6 is 11.3 Å². The van der Waals surface area contributed by atoms with E-state index in [0.717, 1.165) is 18.2 Å². The highest BCUT2D eigenvalue weighted by molar-refractivity contribution is 7.09. The normalized spacial score (nSPS) is 15.3. The van der Waals surface area contributed by atoms with Crippen molar-refractivity contribution in [2.24, 2.45) is 5.92 Å². The Balaban J connectivity index is 2.62. The van der Waals surface area contributed by atoms with Gasteiger partial charge in [0, 0.05) is 23.5 Å². The van der Waals surface area contributed by atoms with Crippen molar-refractivity contribution in [3.05, 3.63) is 16.1 Å². The first kappa shape index (κ1) is 15.6. The van der Waals surface area contributed by atoms with Crippen LogP contribution in [0.15, 0.2) is 5.51 Å². The van der Waals surface area contributed by atoms with Crippen molar-refractivity contribution < 1.29 is 0 Å². The second-order valence-corrected chi connectivity index (χ2v) is 6.67. The molecular formula is C14H27N3S. The van der Waals surface area contributed by atoms with E-state index in [1.807, 2.05) is 5.51 Å². The summed E-state index contributed by atoms with van der Waals surface area (Å²) >= 11 is 1.75. The molecule has 0 aromatic carbocycles. The molecule has 0 fully saturated rings. The molecule has 0 aliphatic heterocycles. The Morgan fingerprint density at radius 2 is 2.00 bits per heavy atom. The molecule has 0 aliphatic carbocycles. The van der Waals surface area contributed by atoms with E-state index >= 15 is 0 Å². The number of hydrogen-bond donors (Lipinski definition) is 1. The van der Waals surface area contributed by atoms with Gasteiger partial charge in [-0.1, -0.05) is 13.8 Å². The number of thiazole rings is 1. The van der Waals surface area contributed by atoms with Gasteiger partial charge >= 0.3 is 0 Å². The Morgan fingerprint density at radius 3 is 2.44 bits per heavy atom. The van der Waals surface area contributed by atoms with E-state index in [-0.39, 0.29) is 0 Å². The topological polar surface area (TPSA) is 28.2 Å². The van der Waals surface area contributed by atoms with Crippen LogP contribution in [0.25, 0.3) is 0 Å². The lowest BCUT2D eigenvalue weighted by molar-refractivity contribution is 0.291. The molecule has 0 aliphatic rings. The van der Waals surface area contributed by atoms with Gasteiger partial charge in [0.15, 0.2) is 0 Å². The summed E-state index contributed by atoms with van der Waals surface area (Å²) in [7, 11) is 4.27. The Bertz CT molecular complexity index is 337. The van der Waals surface area contributed by atoms with Crippen molar-refractivity contribution in [1.29, 1.82) is 0 Å². The number of hydrogen-bond acceptors (Lipinski definition) is 4. The summed E-state index contributed by atoms with van der Waals surface area (Å²) in [6.07, 6.45) is 1.21. The van der Waals surface area contributed by atoms with E-state index in [0.29, 0.717) is 12.1 Å². The van der Waals surface area contributed by atoms with E-state index in [4.69, 9.17) is 0 Å². The minimum absolute atomic E-state index is 0.390. The maximum Gasteiger partial charge on any atom is 0.0798 e. The van der Waals surface area contributed by atoms with Crippen LogP contribution in [-0.4, -0.2) is 36.6 Å². The molecule has 1 aromatic heterocycles. The van der Waals surface area contributed by atoms with E-state index < -0.39 is 0 Å². The molecule has 1 N–H and O–H groups in total. The molecule has 2 unspecified atom stereocenters. The Labute approximate surface area is 116 Å². The van der Waals surface area contributed by atoms with E-state index in [1.54, 1.807) is 11.3 Å². The van der Waals surface area contributed by atoms with E-state index in [1.165, 1.54) is 11.3 Å². The van der Waals surface area contributed by atoms with Crippen molar-refractivity contribution in [3.63, 3.8) is 0 Å². The van der Waals surface area contributed by atoms with Crippen LogP contribution in [0.4, 0.5) is 0 Å². The van der Waals surface area contributed by atoms with Gasteiger partial charge in [0.1, 0.15) is 0 Å². The summed E-state index contributed by atoms with van der Waals surface area (Å²) in [6, 6.07) is 0.928. The van der Waals surface area contributed by atoms with Crippen LogP contribution in [0.1, 0.15) is 43.8 Å². The lowest BCUT2D eigenvalue weighted by Crippen LogP contribution is -2.40. The minimum Gasteiger partial charge on any atom is -0.308 e. The Morgan fingerprint density at radius 1 is 1.33 bits per heavy atom. The van der Waals surface area contributed by atoms with Crippen molar-refractivity contribution in [2.75, 3.05) is 20.6 Å². The molecule has 0 bridgehead atoms. The third-order valence-corrected chi connectivity index (χ3v) is 4.12. The number of likely N-dealkylation sites (N-methyl/N-ethyl adjacent to an activating group) is 1. The standard InChI is InChI=1S/C14H27N3S/c1-10(2)7-13(8-17(5)6)16-12(4)14-11(3)15-9-18-14/h9-10,12-13,16H,7-8H2,1-6H3. The smallest absolute Gasteiger partial charge is 0.0798 e. The SMILES string of the molecule is Cc1ncsc1C(C)NC(CC(C)C)CN(C)C. The van der Waals surface area contributed by atoms with Crippen LogP contribution in [-0.2, 0) is 0 Å². The zero-order chi connectivity index (χ0) is 13.7. The highest BCUT2D eigenvalue weighted by Gasteiger charge is 2.17. The fourth-order valence-electron chi connectivity index (χ4n) is 2.36. The van der Waals surface area contributed by atoms with Crippen LogP contribution in [0.2, 0.25) is 0 Å². The molecule has 18 heavy (non-hydrogen) atoms. The molecule has 1 aromatic rings. The maximum absolute atomic E-state index is 4.33. The summed E-state index contributed by atoms with van der Waals surface area (Å²) < 4.78 is 0. The van der Waals surface area contributed by atoms with Crippen LogP contribution in [0, 0.1) is 12.8 Å². The van der Waals surface area contributed by atoms with Crippen LogP contribution in [0.5, 0.6) is 0 Å². The molecule has 0 amide bonds. The number of nitrogens with one attached hydrogen (secondary N) is 1. The molecule has 0 saturated heterocycles. The third kappa shape index (κ3) is 5.04. The van der Waals surface area contributed by atoms with Gasteiger partial charge in [0.2, 0.25) is 0 Å². The minimum atomic E-state index is 0.390. The number of aromatic nitrogens is 1. The molecule has 2 atom stereocenters. The fraction of sp³-hybridized carbons (Fsp3) is 0.786. The van der Waals surface area contributed by atoms with E-state index in [2.05, 4.69) is 57.0 Å². The van der Waals surface area contributed by atoms with Gasteiger partial charge in [-0.2, -0.15) is 0 Å². The molecule has 1 heterocycles. The molecule has 0 radical (unpaired) electrons. The lowest BCUT2D eigenvalue weighted by atomic mass is 10.0. The lowest BCUT2D eigenvalue weighted by Gasteiger charge is -2.27. The highest BCUT2D eigenvalue weighted by Crippen LogP contribution is 2.22. The summed E-state index contributed by atoms with van der Waals surface area (Å²) in [4.78, 5) is 7.95. The van der Waals surface area contributed by atoms with Gasteiger partial charge in [-0.15, -0.1) is 11.3 Å². The molecule has 4 heteroatoms. The van der Waals surface area contributed by atoms with Crippen molar-refractivity contribution in [3.8, 4) is 0 Å². The van der Waals surface area contributed by atoms with Crippen molar-refractivity contribution in [2.45, 2.75) is 46.2 Å². The predicted molar refractivity (Wildman–Crippen MR) is 80.2 cm³/mol. The number of nitrogens with zero attached hydrogens (tertiary/aromatic N) is 2. The second kappa shape index (κ2) is 7.22. The summed E-state index contributed by atoms with van der Waals surface area (Å²) in [5, 5.41) is 3.75.